The average Bonchev–Trinajstić information content (AvgIpc) is 2.92. The van der Waals surface area contributed by atoms with E-state index in [0.29, 0.717) is 38.3 Å². The summed E-state index contributed by atoms with van der Waals surface area (Å²) in [6, 6.07) is 10.5. The minimum atomic E-state index is -3.32. The van der Waals surface area contributed by atoms with Gasteiger partial charge in [0.15, 0.2) is 0 Å². The van der Waals surface area contributed by atoms with Crippen LogP contribution >= 0.6 is 0 Å². The Bertz CT molecular complexity index is 651. The highest BCUT2D eigenvalue weighted by molar-refractivity contribution is 7.86. The third-order valence-electron chi connectivity index (χ3n) is 5.22. The van der Waals surface area contributed by atoms with Gasteiger partial charge in [-0.2, -0.15) is 17.0 Å². The van der Waals surface area contributed by atoms with Crippen LogP contribution in [0.4, 0.5) is 0 Å². The van der Waals surface area contributed by atoms with E-state index in [2.05, 4.69) is 17.0 Å². The number of fused-ring (bicyclic) bond motifs is 4. The zero-order valence-electron chi connectivity index (χ0n) is 15.2. The molecular formula is C18H29N3O3S. The summed E-state index contributed by atoms with van der Waals surface area (Å²) < 4.78 is 33.8. The molecular weight excluding hydrogens is 338 g/mol. The maximum Gasteiger partial charge on any atom is 0.281 e. The van der Waals surface area contributed by atoms with Crippen LogP contribution in [0.3, 0.4) is 0 Å². The molecule has 1 aromatic rings. The van der Waals surface area contributed by atoms with Crippen LogP contribution in [0, 0.1) is 5.92 Å². The fraction of sp³-hybridized carbons (Fsp3) is 0.667. The predicted molar refractivity (Wildman–Crippen MR) is 98.4 cm³/mol. The number of nitrogens with zero attached hydrogens (tertiary/aromatic N) is 3. The molecule has 2 bridgehead atoms. The van der Waals surface area contributed by atoms with Crippen molar-refractivity contribution in [1.82, 2.24) is 13.5 Å². The summed E-state index contributed by atoms with van der Waals surface area (Å²) in [4.78, 5) is 2.42. The lowest BCUT2D eigenvalue weighted by Gasteiger charge is -2.36. The van der Waals surface area contributed by atoms with E-state index in [1.165, 1.54) is 9.87 Å². The van der Waals surface area contributed by atoms with Gasteiger partial charge in [-0.3, -0.25) is 4.90 Å². The molecule has 0 amide bonds. The monoisotopic (exact) mass is 367 g/mol. The molecule has 0 aliphatic carbocycles. The van der Waals surface area contributed by atoms with Crippen LogP contribution in [0.5, 0.6) is 0 Å². The van der Waals surface area contributed by atoms with E-state index in [4.69, 9.17) is 4.74 Å². The second-order valence-corrected chi connectivity index (χ2v) is 9.38. The van der Waals surface area contributed by atoms with Gasteiger partial charge >= 0.3 is 0 Å². The number of ether oxygens (including phenoxy) is 1. The van der Waals surface area contributed by atoms with Gasteiger partial charge < -0.3 is 4.74 Å². The van der Waals surface area contributed by atoms with Crippen LogP contribution in [0.1, 0.15) is 18.4 Å². The summed E-state index contributed by atoms with van der Waals surface area (Å²) in [7, 11) is -0.108. The normalized spacial score (nSPS) is 25.4. The number of hydrogen-bond donors (Lipinski definition) is 0. The smallest absolute Gasteiger partial charge is 0.281 e. The quantitative estimate of drug-likeness (QED) is 0.684. The van der Waals surface area contributed by atoms with Gasteiger partial charge in [0.25, 0.3) is 10.2 Å². The number of piperidine rings is 1. The number of benzene rings is 1. The van der Waals surface area contributed by atoms with E-state index in [-0.39, 0.29) is 0 Å². The highest BCUT2D eigenvalue weighted by Crippen LogP contribution is 2.29. The standard InChI is InChI=1S/C18H29N3O3S/c1-19(2)25(22,23)21-13-17-8-9-18(14-21)20(12-17)10-11-24-15-16-6-4-3-5-7-16/h3-7,17-18H,8-15H2,1-2H3/t17-,18-/m1/s1. The first-order valence-electron chi connectivity index (χ1n) is 9.00. The molecule has 4 rings (SSSR count). The molecule has 0 unspecified atom stereocenters. The first kappa shape index (κ1) is 18.8. The molecule has 2 atom stereocenters. The van der Waals surface area contributed by atoms with Crippen molar-refractivity contribution in [2.24, 2.45) is 5.92 Å². The number of rotatable bonds is 7. The summed E-state index contributed by atoms with van der Waals surface area (Å²) in [5, 5.41) is 0. The molecule has 6 nitrogen and oxygen atoms in total. The molecule has 1 aromatic carbocycles. The van der Waals surface area contributed by atoms with E-state index in [1.807, 2.05) is 18.2 Å². The highest BCUT2D eigenvalue weighted by atomic mass is 32.2. The van der Waals surface area contributed by atoms with Gasteiger partial charge in [-0.05, 0) is 24.3 Å². The summed E-state index contributed by atoms with van der Waals surface area (Å²) in [6.07, 6.45) is 2.19. The van der Waals surface area contributed by atoms with Gasteiger partial charge in [0, 0.05) is 46.3 Å². The molecule has 140 valence electrons. The Kier molecular flexibility index (Phi) is 6.12. The van der Waals surface area contributed by atoms with Gasteiger partial charge in [0.05, 0.1) is 13.2 Å². The second kappa shape index (κ2) is 8.14. The Morgan fingerprint density at radius 2 is 1.88 bits per heavy atom. The van der Waals surface area contributed by atoms with Crippen molar-refractivity contribution < 1.29 is 13.2 Å². The second-order valence-electron chi connectivity index (χ2n) is 7.24. The Morgan fingerprint density at radius 3 is 2.60 bits per heavy atom. The Hall–Kier alpha value is -0.990. The molecule has 0 radical (unpaired) electrons. The molecule has 0 aromatic heterocycles. The fourth-order valence-electron chi connectivity index (χ4n) is 3.78. The molecule has 3 aliphatic heterocycles. The van der Waals surface area contributed by atoms with Crippen LogP contribution < -0.4 is 0 Å². The lowest BCUT2D eigenvalue weighted by Crippen LogP contribution is -2.47. The van der Waals surface area contributed by atoms with E-state index in [1.54, 1.807) is 18.4 Å². The van der Waals surface area contributed by atoms with E-state index >= 15 is 0 Å². The van der Waals surface area contributed by atoms with E-state index in [0.717, 1.165) is 25.9 Å². The van der Waals surface area contributed by atoms with Gasteiger partial charge in [-0.1, -0.05) is 30.3 Å². The van der Waals surface area contributed by atoms with Crippen LogP contribution in [0.15, 0.2) is 30.3 Å². The third kappa shape index (κ3) is 4.60. The van der Waals surface area contributed by atoms with Gasteiger partial charge in [-0.25, -0.2) is 0 Å². The van der Waals surface area contributed by atoms with E-state index in [9.17, 15) is 8.42 Å². The van der Waals surface area contributed by atoms with Crippen LogP contribution in [-0.2, 0) is 21.6 Å². The molecule has 0 saturated carbocycles. The first-order valence-corrected chi connectivity index (χ1v) is 10.4. The molecule has 25 heavy (non-hydrogen) atoms. The van der Waals surface area contributed by atoms with Crippen molar-refractivity contribution in [3.05, 3.63) is 35.9 Å². The van der Waals surface area contributed by atoms with Gasteiger partial charge in [0.2, 0.25) is 0 Å². The van der Waals surface area contributed by atoms with Crippen LogP contribution in [-0.4, -0.2) is 74.9 Å². The summed E-state index contributed by atoms with van der Waals surface area (Å²) >= 11 is 0. The molecule has 7 heteroatoms. The highest BCUT2D eigenvalue weighted by Gasteiger charge is 2.39. The largest absolute Gasteiger partial charge is 0.375 e. The van der Waals surface area contributed by atoms with Crippen molar-refractivity contribution in [3.8, 4) is 0 Å². The maximum absolute atomic E-state index is 12.5. The zero-order valence-corrected chi connectivity index (χ0v) is 16.0. The summed E-state index contributed by atoms with van der Waals surface area (Å²) in [5.41, 5.74) is 1.18. The predicted octanol–water partition coefficient (Wildman–Crippen LogP) is 1.41. The number of hydrogen-bond acceptors (Lipinski definition) is 4. The van der Waals surface area contributed by atoms with Gasteiger partial charge in [0.1, 0.15) is 0 Å². The lowest BCUT2D eigenvalue weighted by atomic mass is 9.95. The summed E-state index contributed by atoms with van der Waals surface area (Å²) in [5.74, 6) is 0.419. The van der Waals surface area contributed by atoms with Crippen molar-refractivity contribution in [2.45, 2.75) is 25.5 Å². The van der Waals surface area contributed by atoms with Gasteiger partial charge in [-0.15, -0.1) is 0 Å². The first-order chi connectivity index (χ1) is 12.0. The van der Waals surface area contributed by atoms with E-state index < -0.39 is 10.2 Å². The average molecular weight is 368 g/mol. The van der Waals surface area contributed by atoms with Crippen LogP contribution in [0.25, 0.3) is 0 Å². The molecule has 3 aliphatic rings. The molecule has 0 N–H and O–H groups in total. The molecule has 3 fully saturated rings. The van der Waals surface area contributed by atoms with Crippen molar-refractivity contribution in [1.29, 1.82) is 0 Å². The Labute approximate surface area is 151 Å². The Morgan fingerprint density at radius 1 is 1.12 bits per heavy atom. The molecule has 3 saturated heterocycles. The maximum atomic E-state index is 12.5. The molecule has 0 spiro atoms. The van der Waals surface area contributed by atoms with Crippen molar-refractivity contribution in [3.63, 3.8) is 0 Å². The zero-order chi connectivity index (χ0) is 17.9. The van der Waals surface area contributed by atoms with Crippen molar-refractivity contribution >= 4 is 10.2 Å². The van der Waals surface area contributed by atoms with Crippen LogP contribution in [0.2, 0.25) is 0 Å². The third-order valence-corrected chi connectivity index (χ3v) is 7.09. The SMILES string of the molecule is CN(C)S(=O)(=O)N1C[C@@H]2CC[C@H](C1)N(CCOCc1ccccc1)C2. The lowest BCUT2D eigenvalue weighted by molar-refractivity contribution is 0.0593. The topological polar surface area (TPSA) is 53.1 Å². The minimum Gasteiger partial charge on any atom is -0.375 e. The summed E-state index contributed by atoms with van der Waals surface area (Å²) in [6.45, 7) is 4.37. The Balaban J connectivity index is 1.52. The minimum absolute atomic E-state index is 0.300. The molecule has 3 heterocycles. The van der Waals surface area contributed by atoms with Crippen molar-refractivity contribution in [2.75, 3.05) is 46.9 Å². The fourth-order valence-corrected chi connectivity index (χ4v) is 5.00.